The fourth-order valence-corrected chi connectivity index (χ4v) is 3.35. The second-order valence-corrected chi connectivity index (χ2v) is 5.43. The minimum Gasteiger partial charge on any atom is -0.494 e. The molecule has 0 saturated carbocycles. The third-order valence-corrected chi connectivity index (χ3v) is 4.46. The van der Waals surface area contributed by atoms with Gasteiger partial charge in [-0.2, -0.15) is 0 Å². The summed E-state index contributed by atoms with van der Waals surface area (Å²) in [5.41, 5.74) is 1.18. The Labute approximate surface area is 132 Å². The van der Waals surface area contributed by atoms with Crippen LogP contribution in [0.1, 0.15) is 15.9 Å². The van der Waals surface area contributed by atoms with Gasteiger partial charge in [-0.05, 0) is 23.3 Å². The maximum atomic E-state index is 14.4. The highest BCUT2D eigenvalue weighted by atomic mass is 32.1. The first kappa shape index (κ1) is 16.1. The van der Waals surface area contributed by atoms with Gasteiger partial charge in [-0.1, -0.05) is 12.1 Å². The first-order valence-corrected chi connectivity index (χ1v) is 7.14. The maximum Gasteiger partial charge on any atom is 0.338 e. The largest absolute Gasteiger partial charge is 0.494 e. The minimum absolute atomic E-state index is 0.121. The normalized spacial score (nSPS) is 9.95. The molecule has 1 aromatic carbocycles. The molecular weight excluding hydrogens is 304 g/mol. The second kappa shape index (κ2) is 6.63. The van der Waals surface area contributed by atoms with E-state index in [-0.39, 0.29) is 11.3 Å². The monoisotopic (exact) mass is 316 g/mol. The average molecular weight is 316 g/mol. The zero-order valence-electron chi connectivity index (χ0n) is 12.3. The Kier molecular flexibility index (Phi) is 4.83. The molecule has 4 nitrogen and oxygen atoms in total. The van der Waals surface area contributed by atoms with Crippen molar-refractivity contribution in [3.8, 4) is 22.2 Å². The average Bonchev–Trinajstić information content (AvgIpc) is 2.83. The van der Waals surface area contributed by atoms with E-state index in [0.717, 1.165) is 0 Å². The maximum absolute atomic E-state index is 14.4. The molecule has 0 aliphatic rings. The van der Waals surface area contributed by atoms with E-state index in [4.69, 9.17) is 14.7 Å². The van der Waals surface area contributed by atoms with E-state index in [1.54, 1.807) is 19.1 Å². The number of esters is 1. The predicted octanol–water partition coefficient (Wildman–Crippen LogP) is 2.47. The van der Waals surface area contributed by atoms with E-state index >= 15 is 0 Å². The fraction of sp³-hybridized carbons (Fsp3) is 0.200. The summed E-state index contributed by atoms with van der Waals surface area (Å²) in [6.45, 7) is 1.70. The van der Waals surface area contributed by atoms with Crippen molar-refractivity contribution in [2.75, 3.05) is 14.2 Å². The fourth-order valence-electron chi connectivity index (χ4n) is 2.15. The number of rotatable bonds is 4. The predicted molar refractivity (Wildman–Crippen MR) is 83.3 cm³/mol. The Morgan fingerprint density at radius 1 is 1.41 bits per heavy atom. The van der Waals surface area contributed by atoms with Crippen molar-refractivity contribution >= 4 is 29.4 Å². The van der Waals surface area contributed by atoms with Gasteiger partial charge in [0.05, 0.1) is 19.8 Å². The van der Waals surface area contributed by atoms with E-state index in [1.165, 1.54) is 38.9 Å². The van der Waals surface area contributed by atoms with E-state index in [0.29, 0.717) is 20.8 Å². The van der Waals surface area contributed by atoms with Gasteiger partial charge in [-0.25, -0.2) is 14.4 Å². The summed E-state index contributed by atoms with van der Waals surface area (Å²) in [4.78, 5) is 12.5. The van der Waals surface area contributed by atoms with Crippen molar-refractivity contribution in [3.63, 3.8) is 0 Å². The summed E-state index contributed by atoms with van der Waals surface area (Å²) in [6.07, 6.45) is 0. The van der Waals surface area contributed by atoms with Gasteiger partial charge in [0.15, 0.2) is 11.6 Å². The summed E-state index contributed by atoms with van der Waals surface area (Å²) in [5.74, 6) is 0.956. The van der Waals surface area contributed by atoms with Crippen LogP contribution in [0.4, 0.5) is 4.39 Å². The smallest absolute Gasteiger partial charge is 0.338 e. The Bertz CT molecular complexity index is 767. The topological polar surface area (TPSA) is 59.3 Å². The third-order valence-electron chi connectivity index (χ3n) is 3.19. The van der Waals surface area contributed by atoms with Crippen LogP contribution in [0.25, 0.3) is 10.4 Å². The number of methoxy groups -OCH3 is 2. The first-order chi connectivity index (χ1) is 10.5. The molecule has 0 atom stereocenters. The lowest BCUT2D eigenvalue weighted by molar-refractivity contribution is 0.0602. The standard InChI is InChI=1S/C15H12BFNO3S/c1-8-11(15(19)21-3)14(16-7-18)22-13(8)9-5-4-6-10(20-2)12(9)17/h4-6H,1-3H3. The third kappa shape index (κ3) is 2.70. The lowest BCUT2D eigenvalue weighted by atomic mass is 9.76. The first-order valence-electron chi connectivity index (χ1n) is 6.32. The van der Waals surface area contributed by atoms with Crippen LogP contribution in [0.15, 0.2) is 18.2 Å². The molecule has 2 aromatic rings. The summed E-state index contributed by atoms with van der Waals surface area (Å²) < 4.78 is 24.6. The van der Waals surface area contributed by atoms with E-state index in [1.807, 2.05) is 5.97 Å². The molecule has 1 radical (unpaired) electrons. The van der Waals surface area contributed by atoms with Gasteiger partial charge in [-0.3, -0.25) is 0 Å². The van der Waals surface area contributed by atoms with Crippen molar-refractivity contribution in [3.05, 3.63) is 35.1 Å². The van der Waals surface area contributed by atoms with E-state index in [2.05, 4.69) is 0 Å². The molecule has 0 spiro atoms. The molecule has 1 aromatic heterocycles. The zero-order chi connectivity index (χ0) is 16.3. The van der Waals surface area contributed by atoms with Gasteiger partial charge in [0, 0.05) is 16.4 Å². The van der Waals surface area contributed by atoms with Gasteiger partial charge in [0.1, 0.15) is 0 Å². The molecule has 0 aliphatic carbocycles. The number of carbonyl (C=O) groups excluding carboxylic acids is 1. The molecular formula is C15H12BFNO3S. The van der Waals surface area contributed by atoms with Gasteiger partial charge < -0.3 is 9.47 Å². The summed E-state index contributed by atoms with van der Waals surface area (Å²) in [5, 5.41) is 8.86. The second-order valence-electron chi connectivity index (χ2n) is 4.38. The summed E-state index contributed by atoms with van der Waals surface area (Å²) >= 11 is 1.17. The molecule has 2 rings (SSSR count). The Balaban J connectivity index is 2.68. The number of benzene rings is 1. The Hall–Kier alpha value is -2.33. The molecule has 0 unspecified atom stereocenters. The number of thiophene rings is 1. The number of carbonyl (C=O) groups is 1. The van der Waals surface area contributed by atoms with Gasteiger partial charge >= 0.3 is 13.2 Å². The van der Waals surface area contributed by atoms with Crippen LogP contribution in [0.5, 0.6) is 5.75 Å². The highest BCUT2D eigenvalue weighted by molar-refractivity contribution is 7.25. The highest BCUT2D eigenvalue weighted by Crippen LogP contribution is 2.35. The van der Waals surface area contributed by atoms with Gasteiger partial charge in [0.25, 0.3) is 0 Å². The number of hydrogen-bond acceptors (Lipinski definition) is 5. The van der Waals surface area contributed by atoms with Gasteiger partial charge in [-0.15, -0.1) is 11.3 Å². The van der Waals surface area contributed by atoms with Crippen LogP contribution in [0, 0.1) is 24.0 Å². The minimum atomic E-state index is -0.551. The van der Waals surface area contributed by atoms with Crippen LogP contribution >= 0.6 is 11.3 Å². The molecule has 0 amide bonds. The molecule has 0 fully saturated rings. The van der Waals surface area contributed by atoms with E-state index in [9.17, 15) is 9.18 Å². The van der Waals surface area contributed by atoms with Crippen molar-refractivity contribution in [2.24, 2.45) is 0 Å². The lowest BCUT2D eigenvalue weighted by Gasteiger charge is -2.07. The lowest BCUT2D eigenvalue weighted by Crippen LogP contribution is -2.19. The van der Waals surface area contributed by atoms with Crippen LogP contribution in [-0.2, 0) is 4.74 Å². The quantitative estimate of drug-likeness (QED) is 0.642. The molecule has 0 N–H and O–H groups in total. The molecule has 1 heterocycles. The SMILES string of the molecule is COC(=O)c1c([B]C#N)sc(-c2cccc(OC)c2F)c1C. The molecule has 22 heavy (non-hydrogen) atoms. The summed E-state index contributed by atoms with van der Waals surface area (Å²) in [6, 6.07) is 4.79. The Morgan fingerprint density at radius 3 is 2.73 bits per heavy atom. The van der Waals surface area contributed by atoms with Crippen molar-refractivity contribution in [1.29, 1.82) is 5.26 Å². The van der Waals surface area contributed by atoms with Gasteiger partial charge in [0.2, 0.25) is 0 Å². The van der Waals surface area contributed by atoms with Crippen LogP contribution in [0.3, 0.4) is 0 Å². The van der Waals surface area contributed by atoms with Crippen LogP contribution in [-0.4, -0.2) is 27.5 Å². The molecule has 0 bridgehead atoms. The number of hydrogen-bond donors (Lipinski definition) is 0. The van der Waals surface area contributed by atoms with Crippen molar-refractivity contribution in [1.82, 2.24) is 0 Å². The number of halogens is 1. The number of ether oxygens (including phenoxy) is 2. The van der Waals surface area contributed by atoms with Crippen molar-refractivity contribution < 1.29 is 18.7 Å². The molecule has 0 aliphatic heterocycles. The molecule has 7 heteroatoms. The van der Waals surface area contributed by atoms with Crippen LogP contribution < -0.4 is 9.51 Å². The van der Waals surface area contributed by atoms with Crippen molar-refractivity contribution in [2.45, 2.75) is 6.92 Å². The molecule has 0 saturated heterocycles. The number of nitrogens with zero attached hydrogens (tertiary/aromatic N) is 1. The van der Waals surface area contributed by atoms with E-state index < -0.39 is 11.8 Å². The number of nitriles is 1. The molecule has 111 valence electrons. The summed E-state index contributed by atoms with van der Waals surface area (Å²) in [7, 11) is 3.91. The Morgan fingerprint density at radius 2 is 2.14 bits per heavy atom. The van der Waals surface area contributed by atoms with Crippen LogP contribution in [0.2, 0.25) is 0 Å². The highest BCUT2D eigenvalue weighted by Gasteiger charge is 2.24. The zero-order valence-corrected chi connectivity index (χ0v) is 13.1.